The van der Waals surface area contributed by atoms with E-state index in [0.29, 0.717) is 0 Å². The molecule has 2 N–H and O–H groups in total. The highest BCUT2D eigenvalue weighted by atomic mass is 32.2. The first-order valence-corrected chi connectivity index (χ1v) is 7.41. The minimum Gasteiger partial charge on any atom is -0.506 e. The molecule has 0 aliphatic rings. The number of hydrogen-bond donors (Lipinski definition) is 2. The van der Waals surface area contributed by atoms with E-state index in [0.717, 1.165) is 16.5 Å². The zero-order chi connectivity index (χ0) is 16.1. The van der Waals surface area contributed by atoms with E-state index in [1.165, 1.54) is 23.9 Å². The molecule has 114 valence electrons. The molecule has 0 saturated heterocycles. The number of anilines is 1. The molecular weight excluding hydrogens is 304 g/mol. The van der Waals surface area contributed by atoms with Crippen LogP contribution in [0.1, 0.15) is 5.56 Å². The molecule has 2 aromatic carbocycles. The second-order valence-electron chi connectivity index (χ2n) is 4.61. The van der Waals surface area contributed by atoms with E-state index in [2.05, 4.69) is 5.32 Å². The molecule has 0 unspecified atom stereocenters. The Balaban J connectivity index is 1.94. The van der Waals surface area contributed by atoms with E-state index in [4.69, 9.17) is 0 Å². The van der Waals surface area contributed by atoms with Crippen LogP contribution >= 0.6 is 11.8 Å². The van der Waals surface area contributed by atoms with Crippen molar-refractivity contribution in [1.82, 2.24) is 0 Å². The third kappa shape index (κ3) is 4.23. The maximum atomic E-state index is 11.8. The van der Waals surface area contributed by atoms with Gasteiger partial charge in [0.05, 0.1) is 22.4 Å². The van der Waals surface area contributed by atoms with Crippen molar-refractivity contribution in [3.05, 3.63) is 58.1 Å². The van der Waals surface area contributed by atoms with Gasteiger partial charge in [0.2, 0.25) is 5.91 Å². The van der Waals surface area contributed by atoms with Crippen LogP contribution in [0, 0.1) is 17.0 Å². The molecule has 0 saturated carbocycles. The van der Waals surface area contributed by atoms with E-state index in [1.54, 1.807) is 0 Å². The first-order valence-electron chi connectivity index (χ1n) is 6.42. The number of benzene rings is 2. The number of amides is 1. The molecule has 0 aliphatic heterocycles. The number of rotatable bonds is 5. The van der Waals surface area contributed by atoms with Gasteiger partial charge >= 0.3 is 0 Å². The van der Waals surface area contributed by atoms with Crippen LogP contribution in [0.5, 0.6) is 5.75 Å². The fourth-order valence-electron chi connectivity index (χ4n) is 1.71. The van der Waals surface area contributed by atoms with Crippen LogP contribution in [0.4, 0.5) is 11.4 Å². The lowest BCUT2D eigenvalue weighted by Gasteiger charge is -2.07. The average molecular weight is 318 g/mol. The number of aromatic hydroxyl groups is 1. The molecular formula is C15H14N2O4S. The van der Waals surface area contributed by atoms with Gasteiger partial charge < -0.3 is 10.4 Å². The smallest absolute Gasteiger partial charge is 0.273 e. The third-order valence-corrected chi connectivity index (χ3v) is 3.87. The lowest BCUT2D eigenvalue weighted by atomic mass is 10.2. The van der Waals surface area contributed by atoms with Gasteiger partial charge in [0, 0.05) is 11.0 Å². The summed E-state index contributed by atoms with van der Waals surface area (Å²) in [6.45, 7) is 1.98. The number of nitrogens with one attached hydrogen (secondary N) is 1. The Kier molecular flexibility index (Phi) is 5.00. The SMILES string of the molecule is Cc1ccc(SCC(=O)Nc2ccc([N+](=O)[O-])cc2O)cc1. The van der Waals surface area contributed by atoms with Crippen LogP contribution in [-0.4, -0.2) is 21.7 Å². The van der Waals surface area contributed by atoms with E-state index >= 15 is 0 Å². The van der Waals surface area contributed by atoms with Gasteiger partial charge in [-0.15, -0.1) is 11.8 Å². The third-order valence-electron chi connectivity index (χ3n) is 2.86. The zero-order valence-corrected chi connectivity index (χ0v) is 12.6. The Bertz CT molecular complexity index is 701. The maximum Gasteiger partial charge on any atom is 0.273 e. The van der Waals surface area contributed by atoms with Crippen molar-refractivity contribution in [2.24, 2.45) is 0 Å². The Morgan fingerprint density at radius 1 is 1.27 bits per heavy atom. The molecule has 0 atom stereocenters. The highest BCUT2D eigenvalue weighted by Crippen LogP contribution is 2.28. The molecule has 7 heteroatoms. The van der Waals surface area contributed by atoms with Gasteiger partial charge in [-0.3, -0.25) is 14.9 Å². The van der Waals surface area contributed by atoms with Crippen LogP contribution in [0.15, 0.2) is 47.4 Å². The normalized spacial score (nSPS) is 10.2. The summed E-state index contributed by atoms with van der Waals surface area (Å²) >= 11 is 1.37. The highest BCUT2D eigenvalue weighted by molar-refractivity contribution is 8.00. The number of phenolic OH excluding ortho intramolecular Hbond substituents is 1. The van der Waals surface area contributed by atoms with Crippen molar-refractivity contribution < 1.29 is 14.8 Å². The van der Waals surface area contributed by atoms with Crippen LogP contribution in [0.2, 0.25) is 0 Å². The highest BCUT2D eigenvalue weighted by Gasteiger charge is 2.12. The van der Waals surface area contributed by atoms with Gasteiger partial charge in [-0.1, -0.05) is 17.7 Å². The Labute approximate surface area is 131 Å². The van der Waals surface area contributed by atoms with Gasteiger partial charge in [-0.25, -0.2) is 0 Å². The van der Waals surface area contributed by atoms with E-state index in [9.17, 15) is 20.0 Å². The lowest BCUT2D eigenvalue weighted by Crippen LogP contribution is -2.14. The fraction of sp³-hybridized carbons (Fsp3) is 0.133. The molecule has 0 aliphatic carbocycles. The predicted molar refractivity (Wildman–Crippen MR) is 85.3 cm³/mol. The first kappa shape index (κ1) is 15.8. The van der Waals surface area contributed by atoms with E-state index in [-0.39, 0.29) is 28.8 Å². The summed E-state index contributed by atoms with van der Waals surface area (Å²) in [5.74, 6) is -0.447. The topological polar surface area (TPSA) is 92.5 Å². The average Bonchev–Trinajstić information content (AvgIpc) is 2.48. The number of carbonyl (C=O) groups excluding carboxylic acids is 1. The Hall–Kier alpha value is -2.54. The van der Waals surface area contributed by atoms with Crippen molar-refractivity contribution >= 4 is 29.0 Å². The van der Waals surface area contributed by atoms with Crippen molar-refractivity contribution in [1.29, 1.82) is 0 Å². The summed E-state index contributed by atoms with van der Waals surface area (Å²) in [6, 6.07) is 11.3. The second-order valence-corrected chi connectivity index (χ2v) is 5.66. The van der Waals surface area contributed by atoms with Crippen LogP contribution in [0.25, 0.3) is 0 Å². The molecule has 2 rings (SSSR count). The lowest BCUT2D eigenvalue weighted by molar-refractivity contribution is -0.384. The quantitative estimate of drug-likeness (QED) is 0.382. The molecule has 22 heavy (non-hydrogen) atoms. The summed E-state index contributed by atoms with van der Waals surface area (Å²) in [6.07, 6.45) is 0. The summed E-state index contributed by atoms with van der Waals surface area (Å²) in [4.78, 5) is 22.8. The van der Waals surface area contributed by atoms with Gasteiger partial charge in [-0.05, 0) is 25.1 Å². The number of aryl methyl sites for hydroxylation is 1. The fourth-order valence-corrected chi connectivity index (χ4v) is 2.41. The summed E-state index contributed by atoms with van der Waals surface area (Å²) in [5, 5.41) is 22.8. The first-order chi connectivity index (χ1) is 10.5. The van der Waals surface area contributed by atoms with E-state index in [1.807, 2.05) is 31.2 Å². The van der Waals surface area contributed by atoms with Gasteiger partial charge in [0.1, 0.15) is 5.75 Å². The molecule has 0 aromatic heterocycles. The predicted octanol–water partition coefficient (Wildman–Crippen LogP) is 3.34. The summed E-state index contributed by atoms with van der Waals surface area (Å²) < 4.78 is 0. The Morgan fingerprint density at radius 3 is 2.55 bits per heavy atom. The largest absolute Gasteiger partial charge is 0.506 e. The molecule has 0 spiro atoms. The molecule has 0 bridgehead atoms. The molecule has 6 nitrogen and oxygen atoms in total. The van der Waals surface area contributed by atoms with Crippen LogP contribution < -0.4 is 5.32 Å². The van der Waals surface area contributed by atoms with Crippen molar-refractivity contribution in [3.8, 4) is 5.75 Å². The summed E-state index contributed by atoms with van der Waals surface area (Å²) in [7, 11) is 0. The molecule has 2 aromatic rings. The molecule has 0 fully saturated rings. The number of phenols is 1. The standard InChI is InChI=1S/C15H14N2O4S/c1-10-2-5-12(6-3-10)22-9-15(19)16-13-7-4-11(17(20)21)8-14(13)18/h2-8,18H,9H2,1H3,(H,16,19). The van der Waals surface area contributed by atoms with E-state index < -0.39 is 4.92 Å². The zero-order valence-electron chi connectivity index (χ0n) is 11.8. The number of nitro groups is 1. The number of nitro benzene ring substituents is 1. The number of thioether (sulfide) groups is 1. The van der Waals surface area contributed by atoms with Crippen molar-refractivity contribution in [2.75, 3.05) is 11.1 Å². The molecule has 1 amide bonds. The number of hydrogen-bond acceptors (Lipinski definition) is 5. The minimum atomic E-state index is -0.613. The number of nitrogens with zero attached hydrogens (tertiary/aromatic N) is 1. The number of carbonyl (C=O) groups is 1. The van der Waals surface area contributed by atoms with Gasteiger partial charge in [0.25, 0.3) is 5.69 Å². The second kappa shape index (κ2) is 6.95. The molecule has 0 heterocycles. The Morgan fingerprint density at radius 2 is 1.95 bits per heavy atom. The van der Waals surface area contributed by atoms with Crippen molar-refractivity contribution in [2.45, 2.75) is 11.8 Å². The van der Waals surface area contributed by atoms with Crippen LogP contribution in [0.3, 0.4) is 0 Å². The van der Waals surface area contributed by atoms with Gasteiger partial charge in [0.15, 0.2) is 0 Å². The van der Waals surface area contributed by atoms with Crippen molar-refractivity contribution in [3.63, 3.8) is 0 Å². The summed E-state index contributed by atoms with van der Waals surface area (Å²) in [5.41, 5.74) is 1.06. The maximum absolute atomic E-state index is 11.8. The van der Waals surface area contributed by atoms with Crippen LogP contribution in [-0.2, 0) is 4.79 Å². The minimum absolute atomic E-state index is 0.153. The number of non-ortho nitro benzene ring substituents is 1. The van der Waals surface area contributed by atoms with Gasteiger partial charge in [-0.2, -0.15) is 0 Å². The molecule has 0 radical (unpaired) electrons. The monoisotopic (exact) mass is 318 g/mol.